The fourth-order valence-electron chi connectivity index (χ4n) is 8.22. The third-order valence-corrected chi connectivity index (χ3v) is 10.7. The number of hydrogen-bond donors (Lipinski definition) is 2. The average molecular weight is 485 g/mol. The van der Waals surface area contributed by atoms with E-state index in [2.05, 4.69) is 13.5 Å². The van der Waals surface area contributed by atoms with Gasteiger partial charge in [0.2, 0.25) is 0 Å². The summed E-state index contributed by atoms with van der Waals surface area (Å²) in [7, 11) is 0. The Morgan fingerprint density at radius 2 is 1.83 bits per heavy atom. The zero-order valence-electron chi connectivity index (χ0n) is 21.7. The Morgan fingerprint density at radius 3 is 2.46 bits per heavy atom. The third-order valence-electron chi connectivity index (χ3n) is 10.7. The summed E-state index contributed by atoms with van der Waals surface area (Å²) < 4.78 is 0. The second kappa shape index (κ2) is 8.79. The number of allylic oxidation sites excluding steroid dienone is 1. The van der Waals surface area contributed by atoms with E-state index < -0.39 is 28.8 Å². The average Bonchev–Trinajstić information content (AvgIpc) is 3.16. The van der Waals surface area contributed by atoms with Crippen molar-refractivity contribution < 1.29 is 29.4 Å². The molecule has 0 radical (unpaired) electrons. The molecule has 0 spiro atoms. The fraction of sp³-hybridized carbons (Fsp3) is 0.724. The van der Waals surface area contributed by atoms with Crippen molar-refractivity contribution in [3.05, 3.63) is 23.3 Å². The molecule has 0 amide bonds. The van der Waals surface area contributed by atoms with Crippen molar-refractivity contribution in [2.75, 3.05) is 0 Å². The first-order chi connectivity index (χ1) is 16.3. The van der Waals surface area contributed by atoms with Gasteiger partial charge in [-0.3, -0.25) is 19.2 Å². The van der Waals surface area contributed by atoms with E-state index in [4.69, 9.17) is 0 Å². The first-order valence-corrected chi connectivity index (χ1v) is 13.2. The number of carboxylic acid groups (broad SMARTS) is 1. The van der Waals surface area contributed by atoms with E-state index >= 15 is 0 Å². The van der Waals surface area contributed by atoms with E-state index in [1.165, 1.54) is 0 Å². The van der Waals surface area contributed by atoms with Gasteiger partial charge in [0.05, 0.1) is 5.92 Å². The van der Waals surface area contributed by atoms with E-state index in [-0.39, 0.29) is 46.9 Å². The largest absolute Gasteiger partial charge is 0.481 e. The topological polar surface area (TPSA) is 109 Å². The molecule has 0 unspecified atom stereocenters. The number of aliphatic carboxylic acids is 1. The van der Waals surface area contributed by atoms with Gasteiger partial charge in [0.25, 0.3) is 0 Å². The van der Waals surface area contributed by atoms with Crippen LogP contribution in [0.3, 0.4) is 0 Å². The minimum Gasteiger partial charge on any atom is -0.481 e. The Labute approximate surface area is 208 Å². The number of fused-ring (bicyclic) bond motifs is 4. The molecule has 4 aliphatic carbocycles. The molecule has 6 nitrogen and oxygen atoms in total. The predicted octanol–water partition coefficient (Wildman–Crippen LogP) is 4.55. The number of carbonyl (C=O) groups excluding carboxylic acids is 3. The van der Waals surface area contributed by atoms with Crippen molar-refractivity contribution in [1.82, 2.24) is 0 Å². The number of carbonyl (C=O) groups is 4. The van der Waals surface area contributed by atoms with Crippen molar-refractivity contribution in [2.45, 2.75) is 85.7 Å². The lowest BCUT2D eigenvalue weighted by molar-refractivity contribution is -0.146. The van der Waals surface area contributed by atoms with E-state index in [0.717, 1.165) is 19.3 Å². The van der Waals surface area contributed by atoms with Crippen LogP contribution in [0.5, 0.6) is 0 Å². The Hall–Kier alpha value is -2.08. The monoisotopic (exact) mass is 484 g/mol. The van der Waals surface area contributed by atoms with Gasteiger partial charge in [-0.25, -0.2) is 0 Å². The van der Waals surface area contributed by atoms with Crippen LogP contribution in [0.4, 0.5) is 0 Å². The zero-order valence-corrected chi connectivity index (χ0v) is 21.7. The second-order valence-electron chi connectivity index (χ2n) is 12.3. The van der Waals surface area contributed by atoms with E-state index in [9.17, 15) is 29.4 Å². The van der Waals surface area contributed by atoms with Gasteiger partial charge in [-0.1, -0.05) is 39.8 Å². The van der Waals surface area contributed by atoms with Gasteiger partial charge < -0.3 is 10.2 Å². The molecule has 0 aliphatic heterocycles. The number of carboxylic acids is 1. The SMILES string of the molecule is C=C(CC[C@@H](C)[C@H]1CC[C@H]2C3=C(C(=O)[C@H](O)[C@]12C)[C@@]1(C)CCC(=O)[C@@H](C)[C@@H]1CC3=O)[C@H](C)C(=O)O. The maximum absolute atomic E-state index is 13.9. The van der Waals surface area contributed by atoms with Crippen LogP contribution in [0, 0.1) is 46.3 Å². The molecular formula is C29H40O6. The fourth-order valence-corrected chi connectivity index (χ4v) is 8.22. The molecular weight excluding hydrogens is 444 g/mol. The molecule has 0 bridgehead atoms. The maximum atomic E-state index is 13.9. The summed E-state index contributed by atoms with van der Waals surface area (Å²) in [5.41, 5.74) is 0.553. The Balaban J connectivity index is 1.66. The summed E-state index contributed by atoms with van der Waals surface area (Å²) in [5, 5.41) is 20.8. The molecule has 0 saturated heterocycles. The van der Waals surface area contributed by atoms with Gasteiger partial charge in [0.1, 0.15) is 11.9 Å². The number of aliphatic hydroxyl groups excluding tert-OH is 1. The molecule has 9 atom stereocenters. The molecule has 2 N–H and O–H groups in total. The lowest BCUT2D eigenvalue weighted by Crippen LogP contribution is -2.58. The van der Waals surface area contributed by atoms with Gasteiger partial charge >= 0.3 is 5.97 Å². The number of aliphatic hydroxyl groups is 1. The highest BCUT2D eigenvalue weighted by Gasteiger charge is 2.65. The van der Waals surface area contributed by atoms with E-state index in [1.807, 2.05) is 20.8 Å². The summed E-state index contributed by atoms with van der Waals surface area (Å²) in [6, 6.07) is 0. The molecule has 2 fully saturated rings. The van der Waals surface area contributed by atoms with Crippen LogP contribution in [0.2, 0.25) is 0 Å². The number of rotatable bonds is 6. The molecule has 0 aromatic carbocycles. The van der Waals surface area contributed by atoms with Crippen molar-refractivity contribution in [3.63, 3.8) is 0 Å². The van der Waals surface area contributed by atoms with Gasteiger partial charge in [0, 0.05) is 40.7 Å². The van der Waals surface area contributed by atoms with Crippen LogP contribution in [0.25, 0.3) is 0 Å². The number of ketones is 3. The molecule has 4 aliphatic rings. The lowest BCUT2D eigenvalue weighted by atomic mass is 9.48. The summed E-state index contributed by atoms with van der Waals surface area (Å²) in [6.45, 7) is 13.6. The van der Waals surface area contributed by atoms with Crippen LogP contribution >= 0.6 is 0 Å². The van der Waals surface area contributed by atoms with Crippen molar-refractivity contribution in [2.24, 2.45) is 46.3 Å². The molecule has 0 heterocycles. The summed E-state index contributed by atoms with van der Waals surface area (Å²) in [4.78, 5) is 51.2. The normalized spacial score (nSPS) is 40.6. The van der Waals surface area contributed by atoms with E-state index in [1.54, 1.807) is 6.92 Å². The molecule has 6 heteroatoms. The maximum Gasteiger partial charge on any atom is 0.310 e. The zero-order chi connectivity index (χ0) is 26.0. The highest BCUT2D eigenvalue weighted by atomic mass is 16.4. The first kappa shape index (κ1) is 26.0. The van der Waals surface area contributed by atoms with E-state index in [0.29, 0.717) is 42.4 Å². The lowest BCUT2D eigenvalue weighted by Gasteiger charge is -2.55. The Morgan fingerprint density at radius 1 is 1.17 bits per heavy atom. The molecule has 4 rings (SSSR count). The molecule has 2 saturated carbocycles. The molecule has 192 valence electrons. The van der Waals surface area contributed by atoms with Gasteiger partial charge in [0.15, 0.2) is 11.6 Å². The van der Waals surface area contributed by atoms with Crippen LogP contribution < -0.4 is 0 Å². The minimum absolute atomic E-state index is 0.0162. The van der Waals surface area contributed by atoms with Gasteiger partial charge in [-0.2, -0.15) is 0 Å². The summed E-state index contributed by atoms with van der Waals surface area (Å²) >= 11 is 0. The molecule has 35 heavy (non-hydrogen) atoms. The highest BCUT2D eigenvalue weighted by Crippen LogP contribution is 2.64. The van der Waals surface area contributed by atoms with Crippen LogP contribution in [-0.4, -0.2) is 39.6 Å². The van der Waals surface area contributed by atoms with Crippen LogP contribution in [0.15, 0.2) is 23.3 Å². The van der Waals surface area contributed by atoms with Crippen LogP contribution in [0.1, 0.15) is 79.6 Å². The highest BCUT2D eigenvalue weighted by molar-refractivity contribution is 6.13. The quantitative estimate of drug-likeness (QED) is 0.536. The van der Waals surface area contributed by atoms with Crippen LogP contribution in [-0.2, 0) is 19.2 Å². The standard InChI is InChI=1S/C29H40O6/c1-14(16(3)27(34)35)7-8-15(2)18-9-10-19-23-22(31)13-20-17(4)21(30)11-12-28(20,5)24(23)25(32)26(33)29(18,19)6/h15-20,26,33H,1,7-13H2,2-6H3,(H,34,35)/t15-,16+,17+,18-,19+,20+,26+,28+,29-/m1/s1. The smallest absolute Gasteiger partial charge is 0.310 e. The second-order valence-corrected chi connectivity index (χ2v) is 12.3. The number of hydrogen-bond acceptors (Lipinski definition) is 5. The third kappa shape index (κ3) is 3.70. The first-order valence-electron chi connectivity index (χ1n) is 13.2. The molecule has 0 aromatic heterocycles. The summed E-state index contributed by atoms with van der Waals surface area (Å²) in [5.74, 6) is -2.10. The van der Waals surface area contributed by atoms with Gasteiger partial charge in [-0.15, -0.1) is 0 Å². The Bertz CT molecular complexity index is 1020. The van der Waals surface area contributed by atoms with Gasteiger partial charge in [-0.05, 0) is 62.7 Å². The summed E-state index contributed by atoms with van der Waals surface area (Å²) in [6.07, 6.45) is 2.94. The van der Waals surface area contributed by atoms with Crippen molar-refractivity contribution in [3.8, 4) is 0 Å². The molecule has 0 aromatic rings. The van der Waals surface area contributed by atoms with Crippen molar-refractivity contribution in [1.29, 1.82) is 0 Å². The number of Topliss-reactive ketones (excluding diaryl/α,β-unsaturated/α-hetero) is 3. The predicted molar refractivity (Wildman–Crippen MR) is 131 cm³/mol. The Kier molecular flexibility index (Phi) is 6.53. The van der Waals surface area contributed by atoms with Crippen molar-refractivity contribution >= 4 is 23.3 Å². The minimum atomic E-state index is -1.18.